The van der Waals surface area contributed by atoms with Gasteiger partial charge in [0.1, 0.15) is 5.82 Å². The number of nitrogens with one attached hydrogen (secondary N) is 1. The fraction of sp³-hybridized carbons (Fsp3) is 0.467. The Labute approximate surface area is 221 Å². The van der Waals surface area contributed by atoms with E-state index in [1.165, 1.54) is 17.5 Å². The first-order valence-corrected chi connectivity index (χ1v) is 13.8. The number of allylic oxidation sites excluding steroid dienone is 1. The minimum absolute atomic E-state index is 0.176. The number of nitrogens with two attached hydrogens (primary N) is 1. The van der Waals surface area contributed by atoms with Gasteiger partial charge in [-0.05, 0) is 55.7 Å². The topological polar surface area (TPSA) is 74.7 Å². The van der Waals surface area contributed by atoms with Crippen LogP contribution < -0.4 is 16.0 Å². The van der Waals surface area contributed by atoms with Crippen LogP contribution in [-0.2, 0) is 19.4 Å². The van der Waals surface area contributed by atoms with Gasteiger partial charge in [-0.3, -0.25) is 0 Å². The molecule has 37 heavy (non-hydrogen) atoms. The lowest BCUT2D eigenvalue weighted by Gasteiger charge is -2.38. The third-order valence-electron chi connectivity index (χ3n) is 7.81. The predicted octanol–water partition coefficient (Wildman–Crippen LogP) is 4.82. The summed E-state index contributed by atoms with van der Waals surface area (Å²) in [5.41, 5.74) is 14.9. The molecule has 4 heterocycles. The molecule has 3 aromatic rings. The summed E-state index contributed by atoms with van der Waals surface area (Å²) in [6.45, 7) is 14.3. The molecule has 0 spiro atoms. The molecule has 7 heteroatoms. The number of anilines is 1. The predicted molar refractivity (Wildman–Crippen MR) is 152 cm³/mol. The maximum atomic E-state index is 6.04. The van der Waals surface area contributed by atoms with E-state index in [9.17, 15) is 0 Å². The van der Waals surface area contributed by atoms with Crippen molar-refractivity contribution >= 4 is 17.2 Å². The molecule has 2 aliphatic heterocycles. The third kappa shape index (κ3) is 5.23. The molecular formula is C30H41N7. The first-order chi connectivity index (χ1) is 18.0. The van der Waals surface area contributed by atoms with E-state index in [-0.39, 0.29) is 6.04 Å². The molecule has 5 rings (SSSR count). The summed E-state index contributed by atoms with van der Waals surface area (Å²) in [7, 11) is 2.14. The molecule has 1 atom stereocenters. The molecule has 0 radical (unpaired) electrons. The van der Waals surface area contributed by atoms with Crippen molar-refractivity contribution in [2.45, 2.75) is 64.5 Å². The molecule has 1 saturated heterocycles. The average Bonchev–Trinajstić information content (AvgIpc) is 3.34. The van der Waals surface area contributed by atoms with Crippen LogP contribution in [-0.4, -0.2) is 46.2 Å². The van der Waals surface area contributed by atoms with Crippen molar-refractivity contribution in [1.82, 2.24) is 24.8 Å². The lowest BCUT2D eigenvalue weighted by molar-refractivity contribution is 0.226. The van der Waals surface area contributed by atoms with Crippen molar-refractivity contribution < 1.29 is 0 Å². The number of hydrogen-bond donors (Lipinski definition) is 2. The zero-order chi connectivity index (χ0) is 25.9. The SMILES string of the molecule is C=C1CCc2ccc(CN)cc2C(=C)N2CCCCC2c2cc3nc(CCC)cc(n3n2)N(C)CCN1. The minimum atomic E-state index is 0.176. The molecule has 3 N–H and O–H groups in total. The fourth-order valence-corrected chi connectivity index (χ4v) is 5.69. The summed E-state index contributed by atoms with van der Waals surface area (Å²) in [6.07, 6.45) is 7.22. The highest BCUT2D eigenvalue weighted by Crippen LogP contribution is 2.38. The quantitative estimate of drug-likeness (QED) is 0.538. The van der Waals surface area contributed by atoms with E-state index in [1.807, 2.05) is 4.52 Å². The maximum absolute atomic E-state index is 6.04. The maximum Gasteiger partial charge on any atom is 0.157 e. The van der Waals surface area contributed by atoms with Gasteiger partial charge in [-0.25, -0.2) is 4.98 Å². The Bertz CT molecular complexity index is 1290. The first kappa shape index (κ1) is 25.3. The molecule has 1 fully saturated rings. The summed E-state index contributed by atoms with van der Waals surface area (Å²) in [5.74, 6) is 1.08. The van der Waals surface area contributed by atoms with Gasteiger partial charge in [-0.2, -0.15) is 9.61 Å². The van der Waals surface area contributed by atoms with Crippen LogP contribution in [0.5, 0.6) is 0 Å². The summed E-state index contributed by atoms with van der Waals surface area (Å²) < 4.78 is 2.03. The average molecular weight is 500 g/mol. The summed E-state index contributed by atoms with van der Waals surface area (Å²) in [5, 5.41) is 8.71. The number of benzene rings is 1. The van der Waals surface area contributed by atoms with E-state index in [0.717, 1.165) is 98.0 Å². The van der Waals surface area contributed by atoms with Crippen LogP contribution in [0, 0.1) is 0 Å². The zero-order valence-electron chi connectivity index (χ0n) is 22.5. The van der Waals surface area contributed by atoms with Crippen molar-refractivity contribution in [2.24, 2.45) is 5.73 Å². The second kappa shape index (κ2) is 11.0. The molecule has 1 unspecified atom stereocenters. The van der Waals surface area contributed by atoms with Gasteiger partial charge < -0.3 is 20.9 Å². The van der Waals surface area contributed by atoms with E-state index in [4.69, 9.17) is 15.8 Å². The Hall–Kier alpha value is -3.32. The number of fused-ring (bicyclic) bond motifs is 4. The molecule has 0 saturated carbocycles. The molecule has 1 aromatic carbocycles. The van der Waals surface area contributed by atoms with E-state index in [0.29, 0.717) is 6.54 Å². The van der Waals surface area contributed by atoms with Crippen molar-refractivity contribution in [3.63, 3.8) is 0 Å². The van der Waals surface area contributed by atoms with Crippen LogP contribution in [0.1, 0.15) is 73.1 Å². The van der Waals surface area contributed by atoms with Crippen LogP contribution in [0.4, 0.5) is 5.82 Å². The fourth-order valence-electron chi connectivity index (χ4n) is 5.69. The number of nitrogens with zero attached hydrogens (tertiary/aromatic N) is 5. The number of aryl methyl sites for hydroxylation is 2. The van der Waals surface area contributed by atoms with Crippen molar-refractivity contribution in [1.29, 1.82) is 0 Å². The van der Waals surface area contributed by atoms with Gasteiger partial charge in [-0.15, -0.1) is 0 Å². The number of likely N-dealkylation sites (N-methyl/N-ethyl adjacent to an activating group) is 1. The first-order valence-electron chi connectivity index (χ1n) is 13.8. The zero-order valence-corrected chi connectivity index (χ0v) is 22.5. The normalized spacial score (nSPS) is 19.2. The van der Waals surface area contributed by atoms with Crippen molar-refractivity contribution in [3.05, 3.63) is 77.3 Å². The van der Waals surface area contributed by atoms with E-state index < -0.39 is 0 Å². The van der Waals surface area contributed by atoms with Gasteiger partial charge >= 0.3 is 0 Å². The number of hydrogen-bond acceptors (Lipinski definition) is 6. The Morgan fingerprint density at radius 1 is 1.11 bits per heavy atom. The van der Waals surface area contributed by atoms with Crippen LogP contribution >= 0.6 is 0 Å². The van der Waals surface area contributed by atoms with Gasteiger partial charge in [0.05, 0.1) is 11.7 Å². The standard InChI is InChI=1S/C30H41N7/c1-5-8-25-18-30-35(4)16-14-32-21(2)10-12-24-13-11-23(20-31)17-26(24)22(3)36-15-7-6-9-28(36)27-19-29(33-25)37(30)34-27/h11,13,17-19,28,32H,2-3,5-10,12,14-16,20,31H2,1,4H3. The molecule has 2 aliphatic rings. The van der Waals surface area contributed by atoms with Gasteiger partial charge in [-0.1, -0.05) is 38.6 Å². The van der Waals surface area contributed by atoms with Gasteiger partial charge in [0.25, 0.3) is 0 Å². The second-order valence-electron chi connectivity index (χ2n) is 10.5. The smallest absolute Gasteiger partial charge is 0.157 e. The number of rotatable bonds is 3. The number of aromatic nitrogens is 3. The highest BCUT2D eigenvalue weighted by atomic mass is 15.4. The van der Waals surface area contributed by atoms with Gasteiger partial charge in [0, 0.05) is 68.0 Å². The number of piperidine rings is 1. The van der Waals surface area contributed by atoms with E-state index >= 15 is 0 Å². The van der Waals surface area contributed by atoms with Gasteiger partial charge in [0.2, 0.25) is 0 Å². The van der Waals surface area contributed by atoms with E-state index in [1.54, 1.807) is 0 Å². The molecule has 196 valence electrons. The molecular weight excluding hydrogens is 458 g/mol. The van der Waals surface area contributed by atoms with Crippen LogP contribution in [0.3, 0.4) is 0 Å². The second-order valence-corrected chi connectivity index (χ2v) is 10.5. The minimum Gasteiger partial charge on any atom is -0.387 e. The molecule has 2 aromatic heterocycles. The van der Waals surface area contributed by atoms with Crippen LogP contribution in [0.2, 0.25) is 0 Å². The highest BCUT2D eigenvalue weighted by molar-refractivity contribution is 5.67. The largest absolute Gasteiger partial charge is 0.387 e. The Morgan fingerprint density at radius 3 is 2.78 bits per heavy atom. The van der Waals surface area contributed by atoms with Crippen molar-refractivity contribution in [3.8, 4) is 0 Å². The Balaban J connectivity index is 1.63. The van der Waals surface area contributed by atoms with E-state index in [2.05, 4.69) is 72.6 Å². The monoisotopic (exact) mass is 499 g/mol. The Kier molecular flexibility index (Phi) is 7.51. The third-order valence-corrected chi connectivity index (χ3v) is 7.81. The summed E-state index contributed by atoms with van der Waals surface area (Å²) in [4.78, 5) is 9.74. The molecule has 2 bridgehead atoms. The van der Waals surface area contributed by atoms with Crippen LogP contribution in [0.25, 0.3) is 11.3 Å². The summed E-state index contributed by atoms with van der Waals surface area (Å²) in [6, 6.07) is 11.2. The lowest BCUT2D eigenvalue weighted by Crippen LogP contribution is -2.33. The van der Waals surface area contributed by atoms with Gasteiger partial charge in [0.15, 0.2) is 5.65 Å². The lowest BCUT2D eigenvalue weighted by atomic mass is 9.93. The molecule has 0 aliphatic carbocycles. The molecule has 0 amide bonds. The highest BCUT2D eigenvalue weighted by Gasteiger charge is 2.29. The molecule has 7 nitrogen and oxygen atoms in total. The Morgan fingerprint density at radius 2 is 1.97 bits per heavy atom. The summed E-state index contributed by atoms with van der Waals surface area (Å²) >= 11 is 0. The van der Waals surface area contributed by atoms with Crippen LogP contribution in [0.15, 0.2) is 49.2 Å². The van der Waals surface area contributed by atoms with Crippen molar-refractivity contribution in [2.75, 3.05) is 31.6 Å².